The van der Waals surface area contributed by atoms with Crippen molar-refractivity contribution in [1.82, 2.24) is 4.90 Å². The molecule has 0 aromatic rings. The molecule has 0 saturated carbocycles. The maximum Gasteiger partial charge on any atom is 0.237 e. The van der Waals surface area contributed by atoms with Crippen LogP contribution in [0.15, 0.2) is 11.6 Å². The summed E-state index contributed by atoms with van der Waals surface area (Å²) in [6, 6.07) is 0. The molecule has 1 aliphatic rings. The molecular formula is C14H28N2O. The second-order valence-electron chi connectivity index (χ2n) is 5.06. The van der Waals surface area contributed by atoms with E-state index in [0.717, 1.165) is 25.9 Å². The number of piperidine rings is 1. The van der Waals surface area contributed by atoms with Gasteiger partial charge in [-0.15, -0.1) is 0 Å². The average Bonchev–Trinajstić information content (AvgIpc) is 2.30. The summed E-state index contributed by atoms with van der Waals surface area (Å²) in [5, 5.41) is 0. The van der Waals surface area contributed by atoms with Gasteiger partial charge in [0.2, 0.25) is 5.91 Å². The molecule has 1 fully saturated rings. The lowest BCUT2D eigenvalue weighted by molar-refractivity contribution is -0.128. The molecule has 0 aromatic carbocycles. The summed E-state index contributed by atoms with van der Waals surface area (Å²) in [7, 11) is 0. The lowest BCUT2D eigenvalue weighted by Gasteiger charge is -2.39. The largest absolute Gasteiger partial charge is 0.368 e. The monoisotopic (exact) mass is 240 g/mol. The standard InChI is InChI=1S/C11H20N2O.C3H8/c1-4-9-5-7-13(8-6-9)11(2,3)10(12)14;1-3-2/h4H,5-8H2,1-3H3,(H2,12,14);3H2,1-2H3. The molecule has 2 N–H and O–H groups in total. The van der Waals surface area contributed by atoms with Gasteiger partial charge in [-0.05, 0) is 33.6 Å². The molecule has 0 radical (unpaired) electrons. The third-order valence-electron chi connectivity index (χ3n) is 3.21. The highest BCUT2D eigenvalue weighted by Crippen LogP contribution is 2.23. The summed E-state index contributed by atoms with van der Waals surface area (Å²) in [5.74, 6) is -0.235. The van der Waals surface area contributed by atoms with Crippen molar-refractivity contribution in [2.45, 2.75) is 59.4 Å². The fourth-order valence-corrected chi connectivity index (χ4v) is 1.80. The van der Waals surface area contributed by atoms with Crippen LogP contribution in [0.4, 0.5) is 0 Å². The minimum atomic E-state index is -0.501. The van der Waals surface area contributed by atoms with Gasteiger partial charge in [-0.1, -0.05) is 31.9 Å². The van der Waals surface area contributed by atoms with Gasteiger partial charge < -0.3 is 5.73 Å². The highest BCUT2D eigenvalue weighted by molar-refractivity contribution is 5.83. The van der Waals surface area contributed by atoms with Gasteiger partial charge in [0.15, 0.2) is 0 Å². The van der Waals surface area contributed by atoms with Gasteiger partial charge in [0.1, 0.15) is 0 Å². The average molecular weight is 240 g/mol. The predicted molar refractivity (Wildman–Crippen MR) is 73.8 cm³/mol. The lowest BCUT2D eigenvalue weighted by atomic mass is 9.95. The van der Waals surface area contributed by atoms with Crippen LogP contribution in [0.2, 0.25) is 0 Å². The number of likely N-dealkylation sites (tertiary alicyclic amines) is 1. The minimum Gasteiger partial charge on any atom is -0.368 e. The van der Waals surface area contributed by atoms with Crippen LogP contribution in [0, 0.1) is 0 Å². The molecule has 17 heavy (non-hydrogen) atoms. The van der Waals surface area contributed by atoms with Gasteiger partial charge in [0, 0.05) is 13.1 Å². The number of amides is 1. The quantitative estimate of drug-likeness (QED) is 0.754. The molecule has 3 heteroatoms. The number of hydrogen-bond donors (Lipinski definition) is 1. The van der Waals surface area contributed by atoms with E-state index in [0.29, 0.717) is 0 Å². The molecule has 1 saturated heterocycles. The Kier molecular flexibility index (Phi) is 7.12. The van der Waals surface area contributed by atoms with Crippen LogP contribution >= 0.6 is 0 Å². The van der Waals surface area contributed by atoms with Crippen LogP contribution in [0.25, 0.3) is 0 Å². The molecule has 1 amide bonds. The van der Waals surface area contributed by atoms with E-state index < -0.39 is 5.54 Å². The molecule has 0 bridgehead atoms. The normalized spacial score (nSPS) is 17.1. The van der Waals surface area contributed by atoms with Crippen LogP contribution in [0.5, 0.6) is 0 Å². The fraction of sp³-hybridized carbons (Fsp3) is 0.786. The minimum absolute atomic E-state index is 0.235. The van der Waals surface area contributed by atoms with Crippen LogP contribution < -0.4 is 5.73 Å². The van der Waals surface area contributed by atoms with Crippen molar-refractivity contribution in [2.75, 3.05) is 13.1 Å². The highest BCUT2D eigenvalue weighted by atomic mass is 16.1. The van der Waals surface area contributed by atoms with Gasteiger partial charge >= 0.3 is 0 Å². The number of nitrogens with zero attached hydrogens (tertiary/aromatic N) is 1. The summed E-state index contributed by atoms with van der Waals surface area (Å²) in [6.45, 7) is 12.0. The number of nitrogens with two attached hydrogens (primary N) is 1. The first kappa shape index (κ1) is 16.2. The molecule has 0 unspecified atom stereocenters. The third-order valence-corrected chi connectivity index (χ3v) is 3.21. The Morgan fingerprint density at radius 3 is 2.06 bits per heavy atom. The van der Waals surface area contributed by atoms with Crippen molar-refractivity contribution in [1.29, 1.82) is 0 Å². The van der Waals surface area contributed by atoms with Crippen molar-refractivity contribution in [3.05, 3.63) is 11.6 Å². The fourth-order valence-electron chi connectivity index (χ4n) is 1.80. The zero-order chi connectivity index (χ0) is 13.5. The molecule has 0 aromatic heterocycles. The Morgan fingerprint density at radius 2 is 1.76 bits per heavy atom. The molecule has 0 atom stereocenters. The van der Waals surface area contributed by atoms with E-state index in [1.807, 2.05) is 13.8 Å². The number of hydrogen-bond acceptors (Lipinski definition) is 2. The highest BCUT2D eigenvalue weighted by Gasteiger charge is 2.33. The molecule has 0 aliphatic carbocycles. The van der Waals surface area contributed by atoms with Gasteiger partial charge in [0.25, 0.3) is 0 Å². The molecule has 1 aliphatic heterocycles. The number of primary amides is 1. The van der Waals surface area contributed by atoms with Gasteiger partial charge in [0.05, 0.1) is 5.54 Å². The smallest absolute Gasteiger partial charge is 0.237 e. The number of rotatable bonds is 2. The first-order valence-corrected chi connectivity index (χ1v) is 6.59. The molecule has 1 rings (SSSR count). The van der Waals surface area contributed by atoms with Crippen molar-refractivity contribution in [3.63, 3.8) is 0 Å². The van der Waals surface area contributed by atoms with E-state index in [1.165, 1.54) is 12.0 Å². The molecule has 1 heterocycles. The zero-order valence-corrected chi connectivity index (χ0v) is 12.0. The SMILES string of the molecule is CC=C1CCN(C(C)(C)C(N)=O)CC1.CCC. The summed E-state index contributed by atoms with van der Waals surface area (Å²) >= 11 is 0. The molecule has 100 valence electrons. The zero-order valence-electron chi connectivity index (χ0n) is 12.0. The maximum absolute atomic E-state index is 11.2. The third kappa shape index (κ3) is 4.90. The predicted octanol–water partition coefficient (Wildman–Crippen LogP) is 2.71. The van der Waals surface area contributed by atoms with Crippen LogP contribution in [0.1, 0.15) is 53.9 Å². The van der Waals surface area contributed by atoms with Crippen LogP contribution in [-0.4, -0.2) is 29.4 Å². The first-order valence-electron chi connectivity index (χ1n) is 6.59. The molecular weight excluding hydrogens is 212 g/mol. The maximum atomic E-state index is 11.2. The van der Waals surface area contributed by atoms with E-state index in [1.54, 1.807) is 0 Å². The van der Waals surface area contributed by atoms with E-state index in [2.05, 4.69) is 31.7 Å². The van der Waals surface area contributed by atoms with E-state index in [4.69, 9.17) is 5.73 Å². The van der Waals surface area contributed by atoms with E-state index in [-0.39, 0.29) is 5.91 Å². The number of carbonyl (C=O) groups is 1. The Morgan fingerprint density at radius 1 is 1.35 bits per heavy atom. The Labute approximate surface area is 106 Å². The summed E-state index contributed by atoms with van der Waals surface area (Å²) in [6.07, 6.45) is 5.55. The molecule has 0 spiro atoms. The second-order valence-corrected chi connectivity index (χ2v) is 5.06. The second kappa shape index (κ2) is 7.49. The first-order chi connectivity index (χ1) is 7.89. The van der Waals surface area contributed by atoms with Crippen LogP contribution in [0.3, 0.4) is 0 Å². The Balaban J connectivity index is 0.000000770. The Hall–Kier alpha value is -0.830. The summed E-state index contributed by atoms with van der Waals surface area (Å²) in [5.41, 5.74) is 6.36. The topological polar surface area (TPSA) is 46.3 Å². The Bertz CT molecular complexity index is 259. The van der Waals surface area contributed by atoms with Crippen molar-refractivity contribution >= 4 is 5.91 Å². The number of carbonyl (C=O) groups excluding carboxylic acids is 1. The summed E-state index contributed by atoms with van der Waals surface area (Å²) < 4.78 is 0. The van der Waals surface area contributed by atoms with Gasteiger partial charge in [-0.25, -0.2) is 0 Å². The summed E-state index contributed by atoms with van der Waals surface area (Å²) in [4.78, 5) is 13.4. The van der Waals surface area contributed by atoms with Crippen LogP contribution in [-0.2, 0) is 4.79 Å². The lowest BCUT2D eigenvalue weighted by Crippen LogP contribution is -2.55. The van der Waals surface area contributed by atoms with E-state index in [9.17, 15) is 4.79 Å². The van der Waals surface area contributed by atoms with E-state index >= 15 is 0 Å². The van der Waals surface area contributed by atoms with Crippen molar-refractivity contribution in [2.24, 2.45) is 5.73 Å². The number of allylic oxidation sites excluding steroid dienone is 1. The molecule has 3 nitrogen and oxygen atoms in total. The van der Waals surface area contributed by atoms with Crippen molar-refractivity contribution in [3.8, 4) is 0 Å². The van der Waals surface area contributed by atoms with Gasteiger partial charge in [-0.3, -0.25) is 9.69 Å². The van der Waals surface area contributed by atoms with Gasteiger partial charge in [-0.2, -0.15) is 0 Å². The van der Waals surface area contributed by atoms with Crippen molar-refractivity contribution < 1.29 is 4.79 Å².